The maximum absolute atomic E-state index is 13.2. The second-order valence-electron chi connectivity index (χ2n) is 8.91. The first-order chi connectivity index (χ1) is 14.0. The number of piperidine rings is 2. The van der Waals surface area contributed by atoms with Gasteiger partial charge >= 0.3 is 0 Å². The highest BCUT2D eigenvalue weighted by molar-refractivity contribution is 7.86. The van der Waals surface area contributed by atoms with Crippen molar-refractivity contribution in [1.82, 2.24) is 13.9 Å². The van der Waals surface area contributed by atoms with E-state index >= 15 is 0 Å². The Morgan fingerprint density at radius 2 is 1.52 bits per heavy atom. The van der Waals surface area contributed by atoms with E-state index in [0.29, 0.717) is 45.7 Å². The summed E-state index contributed by atoms with van der Waals surface area (Å²) in [4.78, 5) is 12.8. The van der Waals surface area contributed by atoms with Gasteiger partial charge in [0.2, 0.25) is 5.91 Å². The van der Waals surface area contributed by atoms with Gasteiger partial charge in [-0.2, -0.15) is 17.0 Å². The van der Waals surface area contributed by atoms with Crippen LogP contribution in [0.1, 0.15) is 64.2 Å². The number of carbonyl (C=O) groups excluding carboxylic acids is 1. The molecule has 9 heteroatoms. The van der Waals surface area contributed by atoms with E-state index in [0.717, 1.165) is 25.7 Å². The molecule has 166 valence electrons. The molecule has 1 unspecified atom stereocenters. The number of nitrogens with zero attached hydrogens (tertiary/aromatic N) is 2. The van der Waals surface area contributed by atoms with E-state index < -0.39 is 16.0 Å². The molecule has 1 atom stereocenters. The highest BCUT2D eigenvalue weighted by Gasteiger charge is 2.44. The Morgan fingerprint density at radius 1 is 0.862 bits per heavy atom. The molecular formula is C20H35N3O5S. The van der Waals surface area contributed by atoms with Gasteiger partial charge in [0.25, 0.3) is 10.2 Å². The Kier molecular flexibility index (Phi) is 6.80. The van der Waals surface area contributed by atoms with Crippen LogP contribution < -0.4 is 5.32 Å². The average Bonchev–Trinajstić information content (AvgIpc) is 3.02. The zero-order valence-electron chi connectivity index (χ0n) is 17.3. The van der Waals surface area contributed by atoms with Crippen LogP contribution in [0.3, 0.4) is 0 Å². The first-order valence-electron chi connectivity index (χ1n) is 11.3. The van der Waals surface area contributed by atoms with Gasteiger partial charge in [-0.05, 0) is 25.7 Å². The van der Waals surface area contributed by atoms with Crippen molar-refractivity contribution in [2.24, 2.45) is 5.92 Å². The van der Waals surface area contributed by atoms with Gasteiger partial charge in [-0.3, -0.25) is 4.79 Å². The highest BCUT2D eigenvalue weighted by atomic mass is 32.2. The Morgan fingerprint density at radius 3 is 2.17 bits per heavy atom. The zero-order valence-corrected chi connectivity index (χ0v) is 18.1. The van der Waals surface area contributed by atoms with E-state index in [1.807, 2.05) is 0 Å². The van der Waals surface area contributed by atoms with Crippen LogP contribution in [-0.2, 0) is 24.5 Å². The number of amides is 1. The van der Waals surface area contributed by atoms with Crippen molar-refractivity contribution in [3.63, 3.8) is 0 Å². The second-order valence-corrected chi connectivity index (χ2v) is 10.8. The van der Waals surface area contributed by atoms with Gasteiger partial charge in [-0.1, -0.05) is 25.7 Å². The molecule has 3 heterocycles. The lowest BCUT2D eigenvalue weighted by Crippen LogP contribution is -2.54. The third kappa shape index (κ3) is 4.95. The fraction of sp³-hybridized carbons (Fsp3) is 0.950. The molecule has 1 spiro atoms. The van der Waals surface area contributed by atoms with Crippen molar-refractivity contribution in [1.29, 1.82) is 0 Å². The molecule has 4 rings (SSSR count). The molecule has 0 radical (unpaired) electrons. The van der Waals surface area contributed by atoms with Crippen molar-refractivity contribution < 1.29 is 22.7 Å². The van der Waals surface area contributed by atoms with Crippen molar-refractivity contribution in [3.05, 3.63) is 0 Å². The van der Waals surface area contributed by atoms with E-state index in [4.69, 9.17) is 9.47 Å². The number of hydrogen-bond acceptors (Lipinski definition) is 5. The van der Waals surface area contributed by atoms with Crippen molar-refractivity contribution >= 4 is 16.1 Å². The third-order valence-electron chi connectivity index (χ3n) is 6.91. The quantitative estimate of drug-likeness (QED) is 0.686. The van der Waals surface area contributed by atoms with E-state index in [1.165, 1.54) is 34.3 Å². The molecule has 1 saturated carbocycles. The largest absolute Gasteiger partial charge is 0.353 e. The van der Waals surface area contributed by atoms with Crippen LogP contribution in [0.25, 0.3) is 0 Å². The van der Waals surface area contributed by atoms with E-state index in [1.54, 1.807) is 0 Å². The van der Waals surface area contributed by atoms with Gasteiger partial charge < -0.3 is 14.8 Å². The summed E-state index contributed by atoms with van der Waals surface area (Å²) < 4.78 is 40.8. The molecule has 0 aromatic heterocycles. The Bertz CT molecular complexity index is 662. The number of nitrogens with one attached hydrogen (secondary N) is 1. The Labute approximate surface area is 174 Å². The molecule has 8 nitrogen and oxygen atoms in total. The first-order valence-corrected chi connectivity index (χ1v) is 12.7. The van der Waals surface area contributed by atoms with Crippen LogP contribution in [0.4, 0.5) is 0 Å². The maximum Gasteiger partial charge on any atom is 0.282 e. The molecule has 0 bridgehead atoms. The van der Waals surface area contributed by atoms with Gasteiger partial charge in [0.05, 0.1) is 19.1 Å². The number of carbonyl (C=O) groups is 1. The van der Waals surface area contributed by atoms with Crippen molar-refractivity contribution in [3.8, 4) is 0 Å². The minimum atomic E-state index is -3.56. The topological polar surface area (TPSA) is 88.2 Å². The van der Waals surface area contributed by atoms with E-state index in [-0.39, 0.29) is 24.4 Å². The summed E-state index contributed by atoms with van der Waals surface area (Å²) in [6.45, 7) is 2.74. The summed E-state index contributed by atoms with van der Waals surface area (Å²) in [6, 6.07) is 0.252. The number of ether oxygens (including phenoxy) is 2. The lowest BCUT2D eigenvalue weighted by molar-refractivity contribution is -0.179. The molecule has 3 saturated heterocycles. The van der Waals surface area contributed by atoms with Crippen molar-refractivity contribution in [2.75, 3.05) is 39.4 Å². The molecule has 1 N–H and O–H groups in total. The predicted octanol–water partition coefficient (Wildman–Crippen LogP) is 1.62. The zero-order chi connectivity index (χ0) is 20.3. The molecule has 1 aliphatic carbocycles. The number of rotatable bonds is 4. The molecular weight excluding hydrogens is 394 g/mol. The van der Waals surface area contributed by atoms with Gasteiger partial charge in [0.15, 0.2) is 5.79 Å². The lowest BCUT2D eigenvalue weighted by atomic mass is 9.97. The van der Waals surface area contributed by atoms with Crippen LogP contribution in [-0.4, -0.2) is 74.2 Å². The molecule has 4 aliphatic rings. The van der Waals surface area contributed by atoms with Crippen molar-refractivity contribution in [2.45, 2.75) is 76.0 Å². The molecule has 0 aromatic carbocycles. The molecule has 4 fully saturated rings. The summed E-state index contributed by atoms with van der Waals surface area (Å²) in [6.07, 6.45) is 9.52. The second kappa shape index (κ2) is 9.18. The molecule has 29 heavy (non-hydrogen) atoms. The molecule has 0 aromatic rings. The summed E-state index contributed by atoms with van der Waals surface area (Å²) in [5.74, 6) is -0.809. The standard InChI is InChI=1S/C20H35N3O5S/c24-19(21-18-7-3-1-2-4-8-18)17-6-5-11-23(16-17)29(25,26)22-12-9-20(10-13-22)27-14-15-28-20/h17-18H,1-16H2,(H,21,24). The number of hydrogen-bond donors (Lipinski definition) is 1. The maximum atomic E-state index is 13.2. The first kappa shape index (κ1) is 21.5. The van der Waals surface area contributed by atoms with Gasteiger partial charge in [0.1, 0.15) is 0 Å². The lowest BCUT2D eigenvalue weighted by Gasteiger charge is -2.40. The van der Waals surface area contributed by atoms with Gasteiger partial charge in [-0.15, -0.1) is 0 Å². The van der Waals surface area contributed by atoms with Gasteiger partial charge in [-0.25, -0.2) is 0 Å². The van der Waals surface area contributed by atoms with Crippen LogP contribution in [0.2, 0.25) is 0 Å². The fourth-order valence-electron chi connectivity index (χ4n) is 5.12. The Hall–Kier alpha value is -0.740. The van der Waals surface area contributed by atoms with Crippen LogP contribution >= 0.6 is 0 Å². The smallest absolute Gasteiger partial charge is 0.282 e. The minimum Gasteiger partial charge on any atom is -0.353 e. The fourth-order valence-corrected chi connectivity index (χ4v) is 6.81. The summed E-state index contributed by atoms with van der Waals surface area (Å²) >= 11 is 0. The Balaban J connectivity index is 1.32. The highest BCUT2D eigenvalue weighted by Crippen LogP contribution is 2.33. The SMILES string of the molecule is O=C(NC1CCCCCC1)C1CCCN(S(=O)(=O)N2CCC3(CC2)OCCO3)C1. The summed E-state index contributed by atoms with van der Waals surface area (Å²) in [5.41, 5.74) is 0. The predicted molar refractivity (Wildman–Crippen MR) is 108 cm³/mol. The third-order valence-corrected chi connectivity index (χ3v) is 8.91. The van der Waals surface area contributed by atoms with E-state index in [9.17, 15) is 13.2 Å². The summed E-state index contributed by atoms with van der Waals surface area (Å²) in [7, 11) is -3.56. The summed E-state index contributed by atoms with van der Waals surface area (Å²) in [5, 5.41) is 3.21. The van der Waals surface area contributed by atoms with Crippen LogP contribution in [0, 0.1) is 5.92 Å². The minimum absolute atomic E-state index is 0.0298. The molecule has 3 aliphatic heterocycles. The normalized spacial score (nSPS) is 30.3. The van der Waals surface area contributed by atoms with Gasteiger partial charge in [0, 0.05) is 45.1 Å². The van der Waals surface area contributed by atoms with Crippen LogP contribution in [0.5, 0.6) is 0 Å². The molecule has 1 amide bonds. The van der Waals surface area contributed by atoms with Crippen LogP contribution in [0.15, 0.2) is 0 Å². The average molecular weight is 430 g/mol. The van der Waals surface area contributed by atoms with E-state index in [2.05, 4.69) is 5.32 Å². The monoisotopic (exact) mass is 429 g/mol.